The number of hydrogen-bond donors (Lipinski definition) is 1. The van der Waals surface area contributed by atoms with Gasteiger partial charge in [0.15, 0.2) is 0 Å². The van der Waals surface area contributed by atoms with E-state index in [2.05, 4.69) is 6.92 Å². The Morgan fingerprint density at radius 1 is 1.50 bits per heavy atom. The Labute approximate surface area is 133 Å². The van der Waals surface area contributed by atoms with E-state index in [9.17, 15) is 9.59 Å². The normalized spacial score (nSPS) is 24.9. The number of aliphatic carboxylic acids is 1. The molecule has 1 aliphatic heterocycles. The van der Waals surface area contributed by atoms with E-state index in [4.69, 9.17) is 9.84 Å². The van der Waals surface area contributed by atoms with Crippen LogP contribution in [-0.4, -0.2) is 47.7 Å². The number of thiophene rings is 1. The number of carboxylic acid groups (broad SMARTS) is 1. The summed E-state index contributed by atoms with van der Waals surface area (Å²) in [4.78, 5) is 26.9. The molecule has 0 spiro atoms. The highest BCUT2D eigenvalue weighted by atomic mass is 32.1. The molecule has 1 fully saturated rings. The maximum absolute atomic E-state index is 12.9. The third-order valence-electron chi connectivity index (χ3n) is 4.53. The van der Waals surface area contributed by atoms with Gasteiger partial charge in [-0.15, -0.1) is 11.3 Å². The molecule has 22 heavy (non-hydrogen) atoms. The number of fused-ring (bicyclic) bond motifs is 1. The van der Waals surface area contributed by atoms with Gasteiger partial charge in [0.2, 0.25) is 0 Å². The van der Waals surface area contributed by atoms with Gasteiger partial charge in [0, 0.05) is 16.8 Å². The second kappa shape index (κ2) is 6.38. The van der Waals surface area contributed by atoms with Crippen LogP contribution in [0.3, 0.4) is 0 Å². The summed E-state index contributed by atoms with van der Waals surface area (Å²) in [6, 6.07) is -0.364. The number of carbonyl (C=O) groups excluding carboxylic acids is 1. The molecule has 1 N–H and O–H groups in total. The van der Waals surface area contributed by atoms with Gasteiger partial charge in [0.25, 0.3) is 5.91 Å². The Morgan fingerprint density at radius 2 is 2.32 bits per heavy atom. The monoisotopic (exact) mass is 323 g/mol. The summed E-state index contributed by atoms with van der Waals surface area (Å²) in [6.07, 6.45) is 3.06. The lowest BCUT2D eigenvalue weighted by Gasteiger charge is -2.35. The minimum atomic E-state index is -0.894. The van der Waals surface area contributed by atoms with Crippen molar-refractivity contribution in [3.63, 3.8) is 0 Å². The quantitative estimate of drug-likeness (QED) is 0.926. The minimum Gasteiger partial charge on any atom is -0.481 e. The van der Waals surface area contributed by atoms with Gasteiger partial charge in [-0.1, -0.05) is 6.92 Å². The van der Waals surface area contributed by atoms with E-state index in [1.54, 1.807) is 16.2 Å². The molecule has 1 aliphatic carbocycles. The first-order valence-corrected chi connectivity index (χ1v) is 8.64. The fraction of sp³-hybridized carbons (Fsp3) is 0.625. The third-order valence-corrected chi connectivity index (χ3v) is 5.58. The van der Waals surface area contributed by atoms with Crippen molar-refractivity contribution in [2.24, 2.45) is 5.92 Å². The van der Waals surface area contributed by atoms with Crippen molar-refractivity contribution in [2.75, 3.05) is 19.8 Å². The molecule has 6 heteroatoms. The maximum atomic E-state index is 12.9. The minimum absolute atomic E-state index is 0.0263. The molecule has 2 heterocycles. The van der Waals surface area contributed by atoms with Crippen molar-refractivity contribution < 1.29 is 19.4 Å². The van der Waals surface area contributed by atoms with E-state index in [1.807, 2.05) is 5.38 Å². The number of carbonyl (C=O) groups is 2. The second-order valence-corrected chi connectivity index (χ2v) is 7.19. The van der Waals surface area contributed by atoms with Crippen molar-refractivity contribution in [1.82, 2.24) is 4.90 Å². The van der Waals surface area contributed by atoms with Gasteiger partial charge in [-0.05, 0) is 30.7 Å². The van der Waals surface area contributed by atoms with E-state index in [-0.39, 0.29) is 18.4 Å². The topological polar surface area (TPSA) is 66.8 Å². The highest BCUT2D eigenvalue weighted by Gasteiger charge is 2.32. The van der Waals surface area contributed by atoms with E-state index in [1.165, 1.54) is 10.4 Å². The van der Waals surface area contributed by atoms with Crippen LogP contribution in [0.1, 0.15) is 40.6 Å². The summed E-state index contributed by atoms with van der Waals surface area (Å²) in [6.45, 7) is 3.50. The predicted octanol–water partition coefficient (Wildman–Crippen LogP) is 2.19. The fourth-order valence-electron chi connectivity index (χ4n) is 3.30. The van der Waals surface area contributed by atoms with Gasteiger partial charge >= 0.3 is 5.97 Å². The van der Waals surface area contributed by atoms with Crippen LogP contribution in [0.4, 0.5) is 0 Å². The van der Waals surface area contributed by atoms with E-state index < -0.39 is 5.97 Å². The summed E-state index contributed by atoms with van der Waals surface area (Å²) >= 11 is 1.67. The van der Waals surface area contributed by atoms with Gasteiger partial charge in [0.1, 0.15) is 0 Å². The molecule has 0 saturated carbocycles. The lowest BCUT2D eigenvalue weighted by molar-refractivity contribution is -0.139. The number of rotatable bonds is 3. The molecule has 0 bridgehead atoms. The molecule has 3 rings (SSSR count). The summed E-state index contributed by atoms with van der Waals surface area (Å²) in [5.74, 6) is -0.242. The molecule has 2 atom stereocenters. The van der Waals surface area contributed by atoms with Gasteiger partial charge in [-0.3, -0.25) is 9.59 Å². The summed E-state index contributed by atoms with van der Waals surface area (Å²) in [5, 5.41) is 11.0. The van der Waals surface area contributed by atoms with Crippen molar-refractivity contribution in [3.8, 4) is 0 Å². The van der Waals surface area contributed by atoms with E-state index >= 15 is 0 Å². The Kier molecular flexibility index (Phi) is 4.49. The number of amides is 1. The average molecular weight is 323 g/mol. The Hall–Kier alpha value is -1.40. The van der Waals surface area contributed by atoms with Crippen molar-refractivity contribution in [2.45, 2.75) is 38.6 Å². The average Bonchev–Trinajstić information content (AvgIpc) is 2.89. The Balaban J connectivity index is 1.82. The highest BCUT2D eigenvalue weighted by Crippen LogP contribution is 2.33. The predicted molar refractivity (Wildman–Crippen MR) is 83.4 cm³/mol. The molecular formula is C16H21NO4S. The molecular weight excluding hydrogens is 302 g/mol. The number of ether oxygens (including phenoxy) is 1. The summed E-state index contributed by atoms with van der Waals surface area (Å²) in [7, 11) is 0. The van der Waals surface area contributed by atoms with Crippen LogP contribution in [0, 0.1) is 5.92 Å². The molecule has 2 unspecified atom stereocenters. The van der Waals surface area contributed by atoms with Crippen LogP contribution in [0.15, 0.2) is 5.38 Å². The maximum Gasteiger partial charge on any atom is 0.305 e. The van der Waals surface area contributed by atoms with Crippen LogP contribution in [0.5, 0.6) is 0 Å². The van der Waals surface area contributed by atoms with Crippen LogP contribution < -0.4 is 0 Å². The van der Waals surface area contributed by atoms with Gasteiger partial charge in [-0.25, -0.2) is 0 Å². The highest BCUT2D eigenvalue weighted by molar-refractivity contribution is 7.10. The van der Waals surface area contributed by atoms with Gasteiger partial charge in [-0.2, -0.15) is 0 Å². The summed E-state index contributed by atoms with van der Waals surface area (Å²) in [5.41, 5.74) is 1.97. The molecule has 0 aromatic carbocycles. The Bertz CT molecular complexity index is 583. The zero-order valence-corrected chi connectivity index (χ0v) is 13.5. The smallest absolute Gasteiger partial charge is 0.305 e. The zero-order valence-electron chi connectivity index (χ0n) is 12.7. The molecule has 1 saturated heterocycles. The standard InChI is InChI=1S/C16H21NO4S/c1-10-2-3-12-13(9-22-14(12)6-10)16(20)17-4-5-21-8-11(17)7-15(18)19/h9-11H,2-8H2,1H3,(H,18,19). The number of nitrogens with zero attached hydrogens (tertiary/aromatic N) is 1. The van der Waals surface area contributed by atoms with Crippen LogP contribution in [0.2, 0.25) is 0 Å². The van der Waals surface area contributed by atoms with Crippen molar-refractivity contribution in [1.29, 1.82) is 0 Å². The molecule has 120 valence electrons. The van der Waals surface area contributed by atoms with Gasteiger partial charge in [0.05, 0.1) is 31.2 Å². The molecule has 1 aromatic heterocycles. The van der Waals surface area contributed by atoms with Crippen LogP contribution >= 0.6 is 11.3 Å². The van der Waals surface area contributed by atoms with E-state index in [0.717, 1.165) is 24.8 Å². The number of morpholine rings is 1. The van der Waals surface area contributed by atoms with Crippen molar-refractivity contribution >= 4 is 23.2 Å². The third kappa shape index (κ3) is 3.03. The number of hydrogen-bond acceptors (Lipinski definition) is 4. The van der Waals surface area contributed by atoms with Gasteiger partial charge < -0.3 is 14.7 Å². The molecule has 2 aliphatic rings. The zero-order chi connectivity index (χ0) is 15.7. The SMILES string of the molecule is CC1CCc2c(C(=O)N3CCOCC3CC(=O)O)csc2C1. The van der Waals surface area contributed by atoms with Crippen molar-refractivity contribution in [3.05, 3.63) is 21.4 Å². The molecule has 0 radical (unpaired) electrons. The molecule has 5 nitrogen and oxygen atoms in total. The lowest BCUT2D eigenvalue weighted by Crippen LogP contribution is -2.49. The first kappa shape index (κ1) is 15.5. The Morgan fingerprint density at radius 3 is 3.09 bits per heavy atom. The first-order chi connectivity index (χ1) is 10.6. The van der Waals surface area contributed by atoms with Crippen LogP contribution in [0.25, 0.3) is 0 Å². The largest absolute Gasteiger partial charge is 0.481 e. The van der Waals surface area contributed by atoms with E-state index in [0.29, 0.717) is 25.7 Å². The lowest BCUT2D eigenvalue weighted by atomic mass is 9.88. The second-order valence-electron chi connectivity index (χ2n) is 6.22. The molecule has 1 amide bonds. The number of carboxylic acids is 1. The molecule has 1 aromatic rings. The first-order valence-electron chi connectivity index (χ1n) is 7.76. The fourth-order valence-corrected chi connectivity index (χ4v) is 4.54. The van der Waals surface area contributed by atoms with Crippen LogP contribution in [-0.2, 0) is 22.4 Å². The summed E-state index contributed by atoms with van der Waals surface area (Å²) < 4.78 is 5.35.